The number of phenolic OH excluding ortho intramolecular Hbond substituents is 1. The van der Waals surface area contributed by atoms with Crippen molar-refractivity contribution in [1.29, 1.82) is 0 Å². The molecule has 2 rings (SSSR count). The Hall–Kier alpha value is -2.62. The third kappa shape index (κ3) is 4.31. The number of aromatic hydroxyl groups is 1. The average molecular weight is 368 g/mol. The highest BCUT2D eigenvalue weighted by molar-refractivity contribution is 5.87. The highest BCUT2D eigenvalue weighted by atomic mass is 16.6. The van der Waals surface area contributed by atoms with E-state index in [4.69, 9.17) is 14.6 Å². The Morgan fingerprint density at radius 1 is 1.23 bits per heavy atom. The topological polar surface area (TPSA) is 154 Å². The first-order valence-electron chi connectivity index (χ1n) is 7.74. The van der Waals surface area contributed by atoms with Crippen molar-refractivity contribution >= 4 is 18.0 Å². The molecular formula is C17H20O9. The van der Waals surface area contributed by atoms with E-state index in [1.54, 1.807) is 0 Å². The van der Waals surface area contributed by atoms with Crippen LogP contribution in [-0.2, 0) is 14.3 Å². The van der Waals surface area contributed by atoms with Crippen LogP contribution in [0.25, 0.3) is 6.08 Å². The fraction of sp³-hybridized carbons (Fsp3) is 0.412. The number of phenols is 1. The van der Waals surface area contributed by atoms with Gasteiger partial charge in [0.15, 0.2) is 23.2 Å². The summed E-state index contributed by atoms with van der Waals surface area (Å²) in [7, 11) is 1.38. The van der Waals surface area contributed by atoms with Gasteiger partial charge < -0.3 is 35.0 Å². The number of esters is 1. The van der Waals surface area contributed by atoms with Crippen LogP contribution < -0.4 is 4.74 Å². The van der Waals surface area contributed by atoms with Gasteiger partial charge in [-0.25, -0.2) is 9.59 Å². The molecule has 26 heavy (non-hydrogen) atoms. The quantitative estimate of drug-likeness (QED) is 0.347. The van der Waals surface area contributed by atoms with E-state index < -0.39 is 48.7 Å². The molecule has 1 aromatic rings. The number of ether oxygens (including phenoxy) is 2. The van der Waals surface area contributed by atoms with Crippen LogP contribution in [0.1, 0.15) is 18.4 Å². The number of aliphatic hydroxyl groups excluding tert-OH is 2. The highest BCUT2D eigenvalue weighted by Crippen LogP contribution is 2.31. The Balaban J connectivity index is 2.02. The van der Waals surface area contributed by atoms with Crippen LogP contribution in [0.3, 0.4) is 0 Å². The van der Waals surface area contributed by atoms with E-state index >= 15 is 0 Å². The molecule has 0 saturated heterocycles. The number of hydrogen-bond donors (Lipinski definition) is 5. The number of methoxy groups -OCH3 is 1. The number of rotatable bonds is 5. The van der Waals surface area contributed by atoms with Crippen molar-refractivity contribution < 1.29 is 44.6 Å². The molecule has 0 radical (unpaired) electrons. The van der Waals surface area contributed by atoms with E-state index in [1.165, 1.54) is 31.4 Å². The Morgan fingerprint density at radius 3 is 2.38 bits per heavy atom. The van der Waals surface area contributed by atoms with E-state index in [0.717, 1.165) is 6.08 Å². The Kier molecular flexibility index (Phi) is 5.86. The maximum Gasteiger partial charge on any atom is 0.335 e. The zero-order valence-corrected chi connectivity index (χ0v) is 13.9. The molecule has 2 unspecified atom stereocenters. The molecule has 1 fully saturated rings. The normalized spacial score (nSPS) is 28.7. The summed E-state index contributed by atoms with van der Waals surface area (Å²) in [4.78, 5) is 22.9. The predicted octanol–water partition coefficient (Wildman–Crippen LogP) is -0.343. The molecule has 0 heterocycles. The number of carboxylic acids is 1. The largest absolute Gasteiger partial charge is 0.504 e. The summed E-state index contributed by atoms with van der Waals surface area (Å²) >= 11 is 0. The molecule has 9 heteroatoms. The van der Waals surface area contributed by atoms with E-state index in [0.29, 0.717) is 5.56 Å². The molecule has 1 aromatic carbocycles. The first-order valence-corrected chi connectivity index (χ1v) is 7.74. The van der Waals surface area contributed by atoms with Gasteiger partial charge in [-0.05, 0) is 23.8 Å². The van der Waals surface area contributed by atoms with Gasteiger partial charge in [-0.15, -0.1) is 0 Å². The molecular weight excluding hydrogens is 348 g/mol. The lowest BCUT2D eigenvalue weighted by molar-refractivity contribution is -0.196. The van der Waals surface area contributed by atoms with E-state index in [9.17, 15) is 30.0 Å². The predicted molar refractivity (Wildman–Crippen MR) is 87.4 cm³/mol. The summed E-state index contributed by atoms with van der Waals surface area (Å²) in [6.45, 7) is 0. The van der Waals surface area contributed by atoms with Gasteiger partial charge in [-0.3, -0.25) is 0 Å². The zero-order valence-electron chi connectivity index (χ0n) is 13.9. The first kappa shape index (κ1) is 19.7. The molecule has 142 valence electrons. The Morgan fingerprint density at radius 2 is 1.85 bits per heavy atom. The monoisotopic (exact) mass is 368 g/mol. The fourth-order valence-corrected chi connectivity index (χ4v) is 2.73. The summed E-state index contributed by atoms with van der Waals surface area (Å²) in [5.74, 6) is -2.29. The van der Waals surface area contributed by atoms with E-state index in [1.807, 2.05) is 0 Å². The molecule has 0 bridgehead atoms. The average Bonchev–Trinajstić information content (AvgIpc) is 2.57. The minimum atomic E-state index is -2.28. The molecule has 0 spiro atoms. The van der Waals surface area contributed by atoms with Crippen molar-refractivity contribution in [2.24, 2.45) is 0 Å². The maximum atomic E-state index is 11.9. The number of carbonyl (C=O) groups is 2. The highest BCUT2D eigenvalue weighted by Gasteiger charge is 2.50. The molecule has 0 amide bonds. The number of hydrogen-bond acceptors (Lipinski definition) is 8. The number of carbonyl (C=O) groups excluding carboxylic acids is 1. The van der Waals surface area contributed by atoms with Crippen LogP contribution in [0, 0.1) is 0 Å². The first-order chi connectivity index (χ1) is 12.2. The van der Waals surface area contributed by atoms with Gasteiger partial charge in [0.05, 0.1) is 19.3 Å². The minimum absolute atomic E-state index is 0.0633. The van der Waals surface area contributed by atoms with Crippen LogP contribution in [0.2, 0.25) is 0 Å². The molecule has 1 saturated carbocycles. The molecule has 1 aliphatic rings. The van der Waals surface area contributed by atoms with Gasteiger partial charge in [0, 0.05) is 18.9 Å². The maximum absolute atomic E-state index is 11.9. The number of benzene rings is 1. The van der Waals surface area contributed by atoms with Gasteiger partial charge in [0.1, 0.15) is 0 Å². The standard InChI is InChI=1S/C17H20O9/c1-25-13-6-9(2-4-10(13)18)3-5-14(21)26-15-11(19)7-17(24,16(22)23)8-12(15)20/h2-6,11-12,15,18-20,24H,7-8H2,1H3,(H,22,23)/b5-3+/t11?,12?,15-,17+. The Labute approximate surface area is 148 Å². The second-order valence-electron chi connectivity index (χ2n) is 6.05. The molecule has 0 aromatic heterocycles. The summed E-state index contributed by atoms with van der Waals surface area (Å²) < 4.78 is 9.92. The second kappa shape index (κ2) is 7.73. The van der Waals surface area contributed by atoms with Crippen LogP contribution >= 0.6 is 0 Å². The lowest BCUT2D eigenvalue weighted by atomic mass is 9.79. The van der Waals surface area contributed by atoms with Crippen molar-refractivity contribution in [3.05, 3.63) is 29.8 Å². The summed E-state index contributed by atoms with van der Waals surface area (Å²) in [5, 5.41) is 48.2. The molecule has 0 aliphatic heterocycles. The summed E-state index contributed by atoms with van der Waals surface area (Å²) in [6.07, 6.45) is -3.16. The van der Waals surface area contributed by atoms with Crippen LogP contribution in [0.15, 0.2) is 24.3 Å². The van der Waals surface area contributed by atoms with Gasteiger partial charge in [0.25, 0.3) is 0 Å². The second-order valence-corrected chi connectivity index (χ2v) is 6.05. The Bertz CT molecular complexity index is 700. The van der Waals surface area contributed by atoms with Gasteiger partial charge in [-0.1, -0.05) is 6.07 Å². The van der Waals surface area contributed by atoms with Crippen LogP contribution in [0.5, 0.6) is 11.5 Å². The summed E-state index contributed by atoms with van der Waals surface area (Å²) in [5.41, 5.74) is -1.75. The third-order valence-electron chi connectivity index (χ3n) is 4.12. The van der Waals surface area contributed by atoms with Crippen LogP contribution in [0.4, 0.5) is 0 Å². The van der Waals surface area contributed by atoms with E-state index in [2.05, 4.69) is 0 Å². The number of carboxylic acid groups (broad SMARTS) is 1. The summed E-state index contributed by atoms with van der Waals surface area (Å²) in [6, 6.07) is 4.39. The molecule has 9 nitrogen and oxygen atoms in total. The van der Waals surface area contributed by atoms with Crippen molar-refractivity contribution in [2.75, 3.05) is 7.11 Å². The van der Waals surface area contributed by atoms with Crippen molar-refractivity contribution in [3.8, 4) is 11.5 Å². The minimum Gasteiger partial charge on any atom is -0.504 e. The molecule has 5 N–H and O–H groups in total. The third-order valence-corrected chi connectivity index (χ3v) is 4.12. The van der Waals surface area contributed by atoms with Crippen LogP contribution in [-0.4, -0.2) is 68.5 Å². The smallest absolute Gasteiger partial charge is 0.335 e. The van der Waals surface area contributed by atoms with Gasteiger partial charge >= 0.3 is 11.9 Å². The molecule has 2 atom stereocenters. The van der Waals surface area contributed by atoms with Crippen molar-refractivity contribution in [2.45, 2.75) is 36.8 Å². The fourth-order valence-electron chi connectivity index (χ4n) is 2.73. The van der Waals surface area contributed by atoms with Crippen molar-refractivity contribution in [1.82, 2.24) is 0 Å². The number of aliphatic hydroxyl groups is 3. The van der Waals surface area contributed by atoms with Crippen molar-refractivity contribution in [3.63, 3.8) is 0 Å². The van der Waals surface area contributed by atoms with Gasteiger partial charge in [0.2, 0.25) is 0 Å². The SMILES string of the molecule is COc1cc(/C=C/C(=O)O[C@H]2C(O)C[C@](O)(C(=O)O)CC2O)ccc1O. The van der Waals surface area contributed by atoms with Gasteiger partial charge in [-0.2, -0.15) is 0 Å². The van der Waals surface area contributed by atoms with E-state index in [-0.39, 0.29) is 11.5 Å². The molecule has 1 aliphatic carbocycles. The lowest BCUT2D eigenvalue weighted by Crippen LogP contribution is -2.57. The number of aliphatic carboxylic acids is 1. The zero-order chi connectivity index (χ0) is 19.5. The lowest BCUT2D eigenvalue weighted by Gasteiger charge is -2.39.